The van der Waals surface area contributed by atoms with E-state index in [-0.39, 0.29) is 0 Å². The second-order valence-electron chi connectivity index (χ2n) is 3.98. The van der Waals surface area contributed by atoms with E-state index in [1.165, 1.54) is 5.56 Å². The Hall–Kier alpha value is -1.48. The van der Waals surface area contributed by atoms with Crippen LogP contribution in [0.3, 0.4) is 0 Å². The molecule has 0 bridgehead atoms. The van der Waals surface area contributed by atoms with Crippen molar-refractivity contribution in [2.45, 2.75) is 13.5 Å². The molecule has 0 fully saturated rings. The van der Waals surface area contributed by atoms with Crippen molar-refractivity contribution in [1.82, 2.24) is 0 Å². The molecular weight excluding hydrogens is 276 g/mol. The van der Waals surface area contributed by atoms with Gasteiger partial charge in [-0.05, 0) is 30.2 Å². The molecule has 0 saturated heterocycles. The number of hydrogen-bond donors (Lipinski definition) is 2. The van der Waals surface area contributed by atoms with Crippen molar-refractivity contribution in [1.29, 1.82) is 0 Å². The average molecular weight is 291 g/mol. The zero-order chi connectivity index (χ0) is 12.3. The standard InChI is InChI=1S/C14H15BrN2/c1-10-5-4-8-13(16)14(10)17-9-11-6-2-3-7-12(11)15/h2-8,17H,9,16H2,1H3. The summed E-state index contributed by atoms with van der Waals surface area (Å²) in [7, 11) is 0. The third kappa shape index (κ3) is 2.80. The number of aryl methyl sites for hydroxylation is 1. The molecule has 0 radical (unpaired) electrons. The van der Waals surface area contributed by atoms with Gasteiger partial charge in [0.15, 0.2) is 0 Å². The summed E-state index contributed by atoms with van der Waals surface area (Å²) in [5.41, 5.74) is 10.1. The Bertz CT molecular complexity index is 503. The molecule has 88 valence electrons. The van der Waals surface area contributed by atoms with Gasteiger partial charge in [0.05, 0.1) is 11.4 Å². The summed E-state index contributed by atoms with van der Waals surface area (Å²) in [6, 6.07) is 14.1. The van der Waals surface area contributed by atoms with Gasteiger partial charge in [0, 0.05) is 11.0 Å². The van der Waals surface area contributed by atoms with E-state index in [9.17, 15) is 0 Å². The maximum Gasteiger partial charge on any atom is 0.0606 e. The lowest BCUT2D eigenvalue weighted by Crippen LogP contribution is -2.04. The second-order valence-corrected chi connectivity index (χ2v) is 4.84. The molecule has 3 heteroatoms. The van der Waals surface area contributed by atoms with Crippen molar-refractivity contribution in [2.24, 2.45) is 0 Å². The maximum absolute atomic E-state index is 5.95. The van der Waals surface area contributed by atoms with Crippen LogP contribution < -0.4 is 11.1 Å². The van der Waals surface area contributed by atoms with E-state index in [1.54, 1.807) is 0 Å². The fraction of sp³-hybridized carbons (Fsp3) is 0.143. The number of rotatable bonds is 3. The van der Waals surface area contributed by atoms with Crippen LogP contribution in [0.1, 0.15) is 11.1 Å². The van der Waals surface area contributed by atoms with E-state index in [1.807, 2.05) is 30.3 Å². The number of nitrogens with two attached hydrogens (primary N) is 1. The van der Waals surface area contributed by atoms with Gasteiger partial charge in [0.25, 0.3) is 0 Å². The van der Waals surface area contributed by atoms with Gasteiger partial charge in [0.2, 0.25) is 0 Å². The van der Waals surface area contributed by atoms with Crippen LogP contribution in [0.15, 0.2) is 46.9 Å². The van der Waals surface area contributed by atoms with Crippen LogP contribution in [0, 0.1) is 6.92 Å². The topological polar surface area (TPSA) is 38.0 Å². The lowest BCUT2D eigenvalue weighted by atomic mass is 10.1. The maximum atomic E-state index is 5.95. The summed E-state index contributed by atoms with van der Waals surface area (Å²) >= 11 is 3.54. The molecule has 17 heavy (non-hydrogen) atoms. The van der Waals surface area contributed by atoms with Crippen molar-refractivity contribution in [3.63, 3.8) is 0 Å². The van der Waals surface area contributed by atoms with Crippen molar-refractivity contribution in [2.75, 3.05) is 11.1 Å². The molecule has 0 saturated carbocycles. The van der Waals surface area contributed by atoms with Gasteiger partial charge >= 0.3 is 0 Å². The van der Waals surface area contributed by atoms with Crippen LogP contribution in [0.2, 0.25) is 0 Å². The molecule has 2 rings (SSSR count). The van der Waals surface area contributed by atoms with E-state index < -0.39 is 0 Å². The van der Waals surface area contributed by atoms with E-state index >= 15 is 0 Å². The number of anilines is 2. The summed E-state index contributed by atoms with van der Waals surface area (Å²) in [6.45, 7) is 2.81. The first-order valence-electron chi connectivity index (χ1n) is 5.51. The summed E-state index contributed by atoms with van der Waals surface area (Å²) in [6.07, 6.45) is 0. The highest BCUT2D eigenvalue weighted by Gasteiger charge is 2.03. The molecule has 3 N–H and O–H groups in total. The number of benzene rings is 2. The fourth-order valence-corrected chi connectivity index (χ4v) is 2.18. The van der Waals surface area contributed by atoms with E-state index in [2.05, 4.69) is 40.3 Å². The van der Waals surface area contributed by atoms with E-state index in [0.717, 1.165) is 28.0 Å². The normalized spacial score (nSPS) is 10.2. The molecule has 2 aromatic rings. The predicted octanol–water partition coefficient (Wildman–Crippen LogP) is 3.95. The third-order valence-electron chi connectivity index (χ3n) is 2.72. The van der Waals surface area contributed by atoms with Crippen LogP contribution in [0.5, 0.6) is 0 Å². The molecule has 0 aliphatic carbocycles. The van der Waals surface area contributed by atoms with Gasteiger partial charge in [-0.2, -0.15) is 0 Å². The van der Waals surface area contributed by atoms with Crippen molar-refractivity contribution >= 4 is 27.3 Å². The lowest BCUT2D eigenvalue weighted by molar-refractivity contribution is 1.13. The summed E-state index contributed by atoms with van der Waals surface area (Å²) in [5, 5.41) is 3.38. The first-order valence-corrected chi connectivity index (χ1v) is 6.30. The van der Waals surface area contributed by atoms with Crippen LogP contribution in [-0.4, -0.2) is 0 Å². The van der Waals surface area contributed by atoms with Crippen LogP contribution in [0.25, 0.3) is 0 Å². The highest BCUT2D eigenvalue weighted by molar-refractivity contribution is 9.10. The molecule has 0 unspecified atom stereocenters. The Balaban J connectivity index is 2.16. The molecule has 0 heterocycles. The Morgan fingerprint density at radius 3 is 2.59 bits per heavy atom. The Morgan fingerprint density at radius 1 is 1.12 bits per heavy atom. The van der Waals surface area contributed by atoms with Gasteiger partial charge in [-0.1, -0.05) is 46.3 Å². The van der Waals surface area contributed by atoms with Gasteiger partial charge in [0.1, 0.15) is 0 Å². The molecule has 2 aromatic carbocycles. The number of halogens is 1. The minimum atomic E-state index is 0.760. The summed E-state index contributed by atoms with van der Waals surface area (Å²) < 4.78 is 1.11. The summed E-state index contributed by atoms with van der Waals surface area (Å²) in [4.78, 5) is 0. The minimum absolute atomic E-state index is 0.760. The first-order chi connectivity index (χ1) is 8.18. The first kappa shape index (κ1) is 12.0. The van der Waals surface area contributed by atoms with Gasteiger partial charge in [-0.25, -0.2) is 0 Å². The molecule has 0 amide bonds. The Morgan fingerprint density at radius 2 is 1.88 bits per heavy atom. The SMILES string of the molecule is Cc1cccc(N)c1NCc1ccccc1Br. The van der Waals surface area contributed by atoms with Crippen LogP contribution in [-0.2, 0) is 6.54 Å². The monoisotopic (exact) mass is 290 g/mol. The number of nitrogens with one attached hydrogen (secondary N) is 1. The minimum Gasteiger partial charge on any atom is -0.397 e. The van der Waals surface area contributed by atoms with Crippen molar-refractivity contribution < 1.29 is 0 Å². The van der Waals surface area contributed by atoms with Gasteiger partial charge < -0.3 is 11.1 Å². The van der Waals surface area contributed by atoms with E-state index in [0.29, 0.717) is 0 Å². The second kappa shape index (κ2) is 5.23. The summed E-state index contributed by atoms with van der Waals surface area (Å²) in [5.74, 6) is 0. The van der Waals surface area contributed by atoms with Crippen molar-refractivity contribution in [3.05, 3.63) is 58.1 Å². The molecule has 0 aliphatic rings. The van der Waals surface area contributed by atoms with Gasteiger partial charge in [-0.3, -0.25) is 0 Å². The fourth-order valence-electron chi connectivity index (χ4n) is 1.76. The Labute approximate surface area is 110 Å². The Kier molecular flexibility index (Phi) is 3.69. The lowest BCUT2D eigenvalue weighted by Gasteiger charge is -2.13. The van der Waals surface area contributed by atoms with Crippen molar-refractivity contribution in [3.8, 4) is 0 Å². The highest BCUT2D eigenvalue weighted by Crippen LogP contribution is 2.24. The molecule has 0 aromatic heterocycles. The number of para-hydroxylation sites is 1. The van der Waals surface area contributed by atoms with Gasteiger partial charge in [-0.15, -0.1) is 0 Å². The third-order valence-corrected chi connectivity index (χ3v) is 3.49. The van der Waals surface area contributed by atoms with E-state index in [4.69, 9.17) is 5.73 Å². The van der Waals surface area contributed by atoms with Crippen LogP contribution in [0.4, 0.5) is 11.4 Å². The molecule has 2 nitrogen and oxygen atoms in total. The highest BCUT2D eigenvalue weighted by atomic mass is 79.9. The molecule has 0 atom stereocenters. The molecular formula is C14H15BrN2. The quantitative estimate of drug-likeness (QED) is 0.840. The largest absolute Gasteiger partial charge is 0.397 e. The smallest absolute Gasteiger partial charge is 0.0606 e. The zero-order valence-electron chi connectivity index (χ0n) is 9.70. The predicted molar refractivity (Wildman–Crippen MR) is 77.1 cm³/mol. The molecule has 0 aliphatic heterocycles. The molecule has 0 spiro atoms. The number of hydrogen-bond acceptors (Lipinski definition) is 2. The zero-order valence-corrected chi connectivity index (χ0v) is 11.3. The number of nitrogen functional groups attached to an aromatic ring is 1. The van der Waals surface area contributed by atoms with Crippen LogP contribution >= 0.6 is 15.9 Å². The average Bonchev–Trinajstić information content (AvgIpc) is 2.30.